The van der Waals surface area contributed by atoms with Crippen LogP contribution in [0.4, 0.5) is 0 Å². The summed E-state index contributed by atoms with van der Waals surface area (Å²) in [6.07, 6.45) is 3.55. The van der Waals surface area contributed by atoms with Crippen molar-refractivity contribution < 1.29 is 9.84 Å². The predicted octanol–water partition coefficient (Wildman–Crippen LogP) is 0.809. The van der Waals surface area contributed by atoms with Crippen LogP contribution in [0.1, 0.15) is 11.3 Å². The van der Waals surface area contributed by atoms with Crippen LogP contribution in [0, 0.1) is 0 Å². The first-order valence-electron chi connectivity index (χ1n) is 9.05. The van der Waals surface area contributed by atoms with Crippen molar-refractivity contribution in [2.24, 2.45) is 0 Å². The molecular formula is C19H26N4O2. The van der Waals surface area contributed by atoms with Crippen LogP contribution in [-0.4, -0.2) is 76.0 Å². The molecule has 1 aromatic heterocycles. The van der Waals surface area contributed by atoms with Crippen molar-refractivity contribution >= 4 is 0 Å². The lowest BCUT2D eigenvalue weighted by Gasteiger charge is -2.33. The maximum absolute atomic E-state index is 10.5. The zero-order chi connectivity index (χ0) is 17.1. The minimum Gasteiger partial charge on any atom is -0.390 e. The Morgan fingerprint density at radius 1 is 1.08 bits per heavy atom. The molecule has 0 bridgehead atoms. The number of likely N-dealkylation sites (tertiary alicyclic amines) is 1. The highest BCUT2D eigenvalue weighted by Crippen LogP contribution is 2.20. The van der Waals surface area contributed by atoms with Gasteiger partial charge in [-0.05, 0) is 5.56 Å². The van der Waals surface area contributed by atoms with Crippen molar-refractivity contribution in [2.75, 3.05) is 39.4 Å². The Kier molecular flexibility index (Phi) is 5.12. The van der Waals surface area contributed by atoms with Crippen molar-refractivity contribution in [1.29, 1.82) is 0 Å². The molecule has 0 spiro atoms. The van der Waals surface area contributed by atoms with Crippen molar-refractivity contribution in [3.8, 4) is 0 Å². The average molecular weight is 342 g/mol. The summed E-state index contributed by atoms with van der Waals surface area (Å²) in [6, 6.07) is 10.7. The highest BCUT2D eigenvalue weighted by molar-refractivity contribution is 5.16. The molecule has 2 fully saturated rings. The molecule has 0 aliphatic carbocycles. The summed E-state index contributed by atoms with van der Waals surface area (Å²) in [7, 11) is 0. The first-order chi connectivity index (χ1) is 12.3. The molecule has 0 radical (unpaired) electrons. The number of morpholine rings is 1. The number of imidazole rings is 1. The third-order valence-electron chi connectivity index (χ3n) is 5.23. The van der Waals surface area contributed by atoms with Gasteiger partial charge >= 0.3 is 0 Å². The fourth-order valence-corrected chi connectivity index (χ4v) is 3.88. The molecule has 0 amide bonds. The minimum absolute atomic E-state index is 0.217. The zero-order valence-electron chi connectivity index (χ0n) is 14.5. The van der Waals surface area contributed by atoms with Gasteiger partial charge in [0.2, 0.25) is 0 Å². The molecule has 25 heavy (non-hydrogen) atoms. The second-order valence-electron chi connectivity index (χ2n) is 6.98. The van der Waals surface area contributed by atoms with Gasteiger partial charge in [-0.3, -0.25) is 9.80 Å². The van der Waals surface area contributed by atoms with E-state index >= 15 is 0 Å². The van der Waals surface area contributed by atoms with E-state index in [1.54, 1.807) is 0 Å². The molecule has 3 heterocycles. The van der Waals surface area contributed by atoms with E-state index in [4.69, 9.17) is 4.74 Å². The van der Waals surface area contributed by atoms with Crippen LogP contribution >= 0.6 is 0 Å². The van der Waals surface area contributed by atoms with Gasteiger partial charge in [-0.25, -0.2) is 4.98 Å². The smallest absolute Gasteiger partial charge is 0.0951 e. The van der Waals surface area contributed by atoms with Gasteiger partial charge in [0.1, 0.15) is 0 Å². The van der Waals surface area contributed by atoms with Gasteiger partial charge in [0, 0.05) is 51.5 Å². The summed E-state index contributed by atoms with van der Waals surface area (Å²) in [5.41, 5.74) is 2.47. The van der Waals surface area contributed by atoms with Crippen LogP contribution in [-0.2, 0) is 17.8 Å². The number of β-amino-alcohol motifs (C(OH)–C–C–N with tert-alkyl or cyclic N) is 1. The van der Waals surface area contributed by atoms with Crippen LogP contribution in [0.5, 0.6) is 0 Å². The number of hydrogen-bond acceptors (Lipinski definition) is 5. The largest absolute Gasteiger partial charge is 0.390 e. The topological polar surface area (TPSA) is 53.8 Å². The maximum Gasteiger partial charge on any atom is 0.0951 e. The normalized spacial score (nSPS) is 25.5. The van der Waals surface area contributed by atoms with E-state index < -0.39 is 0 Å². The molecular weight excluding hydrogens is 316 g/mol. The van der Waals surface area contributed by atoms with Crippen LogP contribution in [0.25, 0.3) is 0 Å². The third kappa shape index (κ3) is 3.93. The number of ether oxygens (including phenoxy) is 1. The SMILES string of the molecule is O[C@@H]1CN(Cc2cncn2Cc2ccccc2)C[C@H]1N1CCOCC1. The first-order valence-corrected chi connectivity index (χ1v) is 9.05. The van der Waals surface area contributed by atoms with E-state index in [2.05, 4.69) is 43.6 Å². The Hall–Kier alpha value is -1.73. The molecule has 1 aromatic carbocycles. The molecule has 2 aromatic rings. The van der Waals surface area contributed by atoms with Crippen LogP contribution in [0.3, 0.4) is 0 Å². The van der Waals surface area contributed by atoms with Gasteiger partial charge in [0.05, 0.1) is 31.3 Å². The third-order valence-corrected chi connectivity index (χ3v) is 5.23. The second-order valence-corrected chi connectivity index (χ2v) is 6.98. The Labute approximate surface area is 148 Å². The number of aliphatic hydroxyl groups is 1. The number of hydrogen-bond donors (Lipinski definition) is 1. The van der Waals surface area contributed by atoms with Gasteiger partial charge in [0.25, 0.3) is 0 Å². The minimum atomic E-state index is -0.288. The van der Waals surface area contributed by atoms with Crippen LogP contribution < -0.4 is 0 Å². The summed E-state index contributed by atoms with van der Waals surface area (Å²) in [4.78, 5) is 9.04. The summed E-state index contributed by atoms with van der Waals surface area (Å²) in [5, 5.41) is 10.5. The Bertz CT molecular complexity index is 669. The predicted molar refractivity (Wildman–Crippen MR) is 95.2 cm³/mol. The number of aromatic nitrogens is 2. The van der Waals surface area contributed by atoms with E-state index in [9.17, 15) is 5.11 Å². The van der Waals surface area contributed by atoms with Gasteiger partial charge < -0.3 is 14.4 Å². The fraction of sp³-hybridized carbons (Fsp3) is 0.526. The quantitative estimate of drug-likeness (QED) is 0.871. The molecule has 6 heteroatoms. The summed E-state index contributed by atoms with van der Waals surface area (Å²) >= 11 is 0. The van der Waals surface area contributed by atoms with Gasteiger partial charge in [-0.2, -0.15) is 0 Å². The molecule has 2 aliphatic rings. The van der Waals surface area contributed by atoms with E-state index in [0.29, 0.717) is 0 Å². The summed E-state index contributed by atoms with van der Waals surface area (Å²) in [5.74, 6) is 0. The van der Waals surface area contributed by atoms with Crippen LogP contribution in [0.2, 0.25) is 0 Å². The molecule has 2 atom stereocenters. The Morgan fingerprint density at radius 2 is 1.88 bits per heavy atom. The average Bonchev–Trinajstić information content (AvgIpc) is 3.23. The molecule has 6 nitrogen and oxygen atoms in total. The van der Waals surface area contributed by atoms with E-state index in [1.165, 1.54) is 11.3 Å². The summed E-state index contributed by atoms with van der Waals surface area (Å²) in [6.45, 7) is 6.66. The monoisotopic (exact) mass is 342 g/mol. The zero-order valence-corrected chi connectivity index (χ0v) is 14.5. The lowest BCUT2D eigenvalue weighted by molar-refractivity contribution is -0.00618. The molecule has 2 aliphatic heterocycles. The van der Waals surface area contributed by atoms with Crippen LogP contribution in [0.15, 0.2) is 42.9 Å². The molecule has 134 valence electrons. The standard InChI is InChI=1S/C19H26N4O2/c24-19-14-21(13-18(19)22-6-8-25-9-7-22)12-17-10-20-15-23(17)11-16-4-2-1-3-5-16/h1-5,10,15,18-19,24H,6-9,11-14H2/t18-,19-/m1/s1. The number of aliphatic hydroxyl groups excluding tert-OH is 1. The van der Waals surface area contributed by atoms with Crippen molar-refractivity contribution in [1.82, 2.24) is 19.4 Å². The first kappa shape index (κ1) is 16.7. The Morgan fingerprint density at radius 3 is 2.68 bits per heavy atom. The lowest BCUT2D eigenvalue weighted by atomic mass is 10.2. The number of nitrogens with zero attached hydrogens (tertiary/aromatic N) is 4. The van der Waals surface area contributed by atoms with Gasteiger partial charge in [-0.1, -0.05) is 30.3 Å². The van der Waals surface area contributed by atoms with Crippen molar-refractivity contribution in [3.63, 3.8) is 0 Å². The van der Waals surface area contributed by atoms with E-state index in [1.807, 2.05) is 18.6 Å². The number of rotatable bonds is 5. The summed E-state index contributed by atoms with van der Waals surface area (Å²) < 4.78 is 7.63. The fourth-order valence-electron chi connectivity index (χ4n) is 3.88. The maximum atomic E-state index is 10.5. The van der Waals surface area contributed by atoms with Crippen molar-refractivity contribution in [3.05, 3.63) is 54.1 Å². The molecule has 0 unspecified atom stereocenters. The molecule has 0 saturated carbocycles. The molecule has 2 saturated heterocycles. The van der Waals surface area contributed by atoms with Gasteiger partial charge in [0.15, 0.2) is 0 Å². The van der Waals surface area contributed by atoms with Gasteiger partial charge in [-0.15, -0.1) is 0 Å². The van der Waals surface area contributed by atoms with E-state index in [0.717, 1.165) is 52.5 Å². The lowest BCUT2D eigenvalue weighted by Crippen LogP contribution is -2.48. The second kappa shape index (κ2) is 7.66. The van der Waals surface area contributed by atoms with Crippen molar-refractivity contribution in [2.45, 2.75) is 25.2 Å². The highest BCUT2D eigenvalue weighted by Gasteiger charge is 2.36. The number of benzene rings is 1. The van der Waals surface area contributed by atoms with E-state index in [-0.39, 0.29) is 12.1 Å². The Balaban J connectivity index is 1.39. The molecule has 1 N–H and O–H groups in total. The highest BCUT2D eigenvalue weighted by atomic mass is 16.5. The molecule has 4 rings (SSSR count).